The Labute approximate surface area is 89.0 Å². The van der Waals surface area contributed by atoms with Crippen LogP contribution in [0.1, 0.15) is 18.7 Å². The minimum absolute atomic E-state index is 0.0636. The van der Waals surface area contributed by atoms with Crippen LogP contribution in [0.4, 0.5) is 4.39 Å². The van der Waals surface area contributed by atoms with Crippen molar-refractivity contribution < 1.29 is 13.9 Å². The Hall–Kier alpha value is -1.29. The molecule has 0 aromatic heterocycles. The second kappa shape index (κ2) is 5.56. The lowest BCUT2D eigenvalue weighted by Crippen LogP contribution is -2.09. The fourth-order valence-electron chi connectivity index (χ4n) is 1.39. The normalized spacial score (nSPS) is 12.3. The molecule has 0 spiro atoms. The Bertz CT molecular complexity index is 317. The van der Waals surface area contributed by atoms with Crippen LogP contribution in [0.3, 0.4) is 0 Å². The molecule has 0 radical (unpaired) electrons. The quantitative estimate of drug-likeness (QED) is 0.814. The number of ether oxygens (including phenoxy) is 2. The van der Waals surface area contributed by atoms with Gasteiger partial charge in [0.1, 0.15) is 6.17 Å². The van der Waals surface area contributed by atoms with E-state index in [1.54, 1.807) is 18.2 Å². The first-order valence-electron chi connectivity index (χ1n) is 4.88. The highest BCUT2D eigenvalue weighted by molar-refractivity contribution is 5.47. The van der Waals surface area contributed by atoms with E-state index in [2.05, 4.69) is 0 Å². The first-order valence-corrected chi connectivity index (χ1v) is 4.88. The van der Waals surface area contributed by atoms with Gasteiger partial charge >= 0.3 is 0 Å². The molecule has 1 unspecified atom stereocenters. The molecule has 84 valence electrons. The van der Waals surface area contributed by atoms with E-state index in [-0.39, 0.29) is 6.54 Å². The number of benzene rings is 1. The fourth-order valence-corrected chi connectivity index (χ4v) is 1.39. The van der Waals surface area contributed by atoms with E-state index in [1.165, 1.54) is 7.11 Å². The lowest BCUT2D eigenvalue weighted by atomic mass is 10.1. The largest absolute Gasteiger partial charge is 0.492 e. The summed E-state index contributed by atoms with van der Waals surface area (Å²) in [5.41, 5.74) is 5.72. The third-order valence-corrected chi connectivity index (χ3v) is 2.06. The van der Waals surface area contributed by atoms with Crippen LogP contribution in [-0.2, 0) is 0 Å². The van der Waals surface area contributed by atoms with E-state index in [9.17, 15) is 4.39 Å². The Balaban J connectivity index is 3.09. The lowest BCUT2D eigenvalue weighted by Gasteiger charge is -2.15. The van der Waals surface area contributed by atoms with Gasteiger partial charge in [0, 0.05) is 12.1 Å². The van der Waals surface area contributed by atoms with Gasteiger partial charge in [-0.15, -0.1) is 0 Å². The van der Waals surface area contributed by atoms with Crippen LogP contribution in [0.15, 0.2) is 18.2 Å². The Kier molecular flexibility index (Phi) is 4.37. The average Bonchev–Trinajstić information content (AvgIpc) is 2.28. The van der Waals surface area contributed by atoms with Crippen molar-refractivity contribution in [3.63, 3.8) is 0 Å². The lowest BCUT2D eigenvalue weighted by molar-refractivity contribution is 0.294. The minimum Gasteiger partial charge on any atom is -0.492 e. The number of para-hydroxylation sites is 1. The minimum atomic E-state index is -1.22. The van der Waals surface area contributed by atoms with Crippen molar-refractivity contribution in [1.29, 1.82) is 0 Å². The molecule has 15 heavy (non-hydrogen) atoms. The first-order chi connectivity index (χ1) is 7.24. The predicted octanol–water partition coefficient (Wildman–Crippen LogP) is 2.06. The summed E-state index contributed by atoms with van der Waals surface area (Å²) in [4.78, 5) is 0. The molecule has 0 aliphatic heterocycles. The maximum absolute atomic E-state index is 13.5. The maximum Gasteiger partial charge on any atom is 0.166 e. The molecule has 0 aliphatic rings. The van der Waals surface area contributed by atoms with E-state index in [4.69, 9.17) is 15.2 Å². The summed E-state index contributed by atoms with van der Waals surface area (Å²) in [7, 11) is 1.49. The van der Waals surface area contributed by atoms with Gasteiger partial charge in [0.15, 0.2) is 11.5 Å². The summed E-state index contributed by atoms with van der Waals surface area (Å²) < 4.78 is 23.9. The molecular formula is C11H16FNO2. The van der Waals surface area contributed by atoms with Gasteiger partial charge in [-0.25, -0.2) is 4.39 Å². The van der Waals surface area contributed by atoms with Gasteiger partial charge in [-0.3, -0.25) is 0 Å². The third kappa shape index (κ3) is 2.59. The Morgan fingerprint density at radius 3 is 2.73 bits per heavy atom. The molecule has 3 nitrogen and oxygen atoms in total. The summed E-state index contributed by atoms with van der Waals surface area (Å²) in [6.45, 7) is 2.31. The van der Waals surface area contributed by atoms with Crippen LogP contribution in [0.2, 0.25) is 0 Å². The predicted molar refractivity (Wildman–Crippen MR) is 57.1 cm³/mol. The standard InChI is InChI=1S/C11H16FNO2/c1-3-15-10-6-4-5-8(9(12)7-13)11(10)14-2/h4-6,9H,3,7,13H2,1-2H3. The summed E-state index contributed by atoms with van der Waals surface area (Å²) in [5.74, 6) is 0.978. The highest BCUT2D eigenvalue weighted by Crippen LogP contribution is 2.35. The Morgan fingerprint density at radius 2 is 2.20 bits per heavy atom. The molecule has 4 heteroatoms. The number of hydrogen-bond acceptors (Lipinski definition) is 3. The number of rotatable bonds is 5. The van der Waals surface area contributed by atoms with Crippen LogP contribution in [0, 0.1) is 0 Å². The zero-order chi connectivity index (χ0) is 11.3. The van der Waals surface area contributed by atoms with Crippen LogP contribution in [0.25, 0.3) is 0 Å². The summed E-state index contributed by atoms with van der Waals surface area (Å²) in [6.07, 6.45) is -1.22. The number of alkyl halides is 1. The van der Waals surface area contributed by atoms with E-state index in [0.29, 0.717) is 23.7 Å². The van der Waals surface area contributed by atoms with Gasteiger partial charge in [-0.1, -0.05) is 12.1 Å². The average molecular weight is 213 g/mol. The number of nitrogens with two attached hydrogens (primary N) is 1. The monoisotopic (exact) mass is 213 g/mol. The third-order valence-electron chi connectivity index (χ3n) is 2.06. The maximum atomic E-state index is 13.5. The fraction of sp³-hybridized carbons (Fsp3) is 0.455. The molecule has 0 amide bonds. The molecule has 0 heterocycles. The van der Waals surface area contributed by atoms with E-state index >= 15 is 0 Å². The molecule has 1 rings (SSSR count). The van der Waals surface area contributed by atoms with Gasteiger partial charge in [0.05, 0.1) is 13.7 Å². The molecule has 2 N–H and O–H groups in total. The van der Waals surface area contributed by atoms with Crippen molar-refractivity contribution in [3.8, 4) is 11.5 Å². The molecule has 0 bridgehead atoms. The van der Waals surface area contributed by atoms with Crippen molar-refractivity contribution in [1.82, 2.24) is 0 Å². The van der Waals surface area contributed by atoms with Crippen LogP contribution in [0.5, 0.6) is 11.5 Å². The molecular weight excluding hydrogens is 197 g/mol. The van der Waals surface area contributed by atoms with Crippen molar-refractivity contribution in [3.05, 3.63) is 23.8 Å². The second-order valence-electron chi connectivity index (χ2n) is 3.01. The highest BCUT2D eigenvalue weighted by Gasteiger charge is 2.16. The van der Waals surface area contributed by atoms with Gasteiger partial charge in [-0.2, -0.15) is 0 Å². The molecule has 0 aliphatic carbocycles. The van der Waals surface area contributed by atoms with Gasteiger partial charge in [-0.05, 0) is 13.0 Å². The number of hydrogen-bond donors (Lipinski definition) is 1. The highest BCUT2D eigenvalue weighted by atomic mass is 19.1. The van der Waals surface area contributed by atoms with Crippen molar-refractivity contribution >= 4 is 0 Å². The summed E-state index contributed by atoms with van der Waals surface area (Å²) >= 11 is 0. The van der Waals surface area contributed by atoms with Crippen LogP contribution < -0.4 is 15.2 Å². The zero-order valence-corrected chi connectivity index (χ0v) is 9.00. The summed E-state index contributed by atoms with van der Waals surface area (Å²) in [5, 5.41) is 0. The summed E-state index contributed by atoms with van der Waals surface area (Å²) in [6, 6.07) is 5.12. The molecule has 1 aromatic rings. The molecule has 1 atom stereocenters. The van der Waals surface area contributed by atoms with Crippen LogP contribution in [-0.4, -0.2) is 20.3 Å². The Morgan fingerprint density at radius 1 is 1.47 bits per heavy atom. The molecule has 0 saturated heterocycles. The van der Waals surface area contributed by atoms with E-state index in [1.807, 2.05) is 6.92 Å². The van der Waals surface area contributed by atoms with Gasteiger partial charge < -0.3 is 15.2 Å². The second-order valence-corrected chi connectivity index (χ2v) is 3.01. The van der Waals surface area contributed by atoms with Crippen LogP contribution >= 0.6 is 0 Å². The number of methoxy groups -OCH3 is 1. The first kappa shape index (κ1) is 11.8. The van der Waals surface area contributed by atoms with Crippen molar-refractivity contribution in [2.75, 3.05) is 20.3 Å². The molecule has 0 saturated carbocycles. The van der Waals surface area contributed by atoms with Crippen molar-refractivity contribution in [2.24, 2.45) is 5.73 Å². The number of halogens is 1. The van der Waals surface area contributed by atoms with E-state index < -0.39 is 6.17 Å². The van der Waals surface area contributed by atoms with Gasteiger partial charge in [0.25, 0.3) is 0 Å². The topological polar surface area (TPSA) is 44.5 Å². The smallest absolute Gasteiger partial charge is 0.166 e. The molecule has 0 fully saturated rings. The van der Waals surface area contributed by atoms with Crippen molar-refractivity contribution in [2.45, 2.75) is 13.1 Å². The van der Waals surface area contributed by atoms with E-state index in [0.717, 1.165) is 0 Å². The molecule has 1 aromatic carbocycles. The SMILES string of the molecule is CCOc1cccc(C(F)CN)c1OC. The van der Waals surface area contributed by atoms with Gasteiger partial charge in [0.2, 0.25) is 0 Å². The zero-order valence-electron chi connectivity index (χ0n) is 9.00.